The van der Waals surface area contributed by atoms with Crippen LogP contribution in [0.5, 0.6) is 0 Å². The molecular weight excluding hydrogens is 342 g/mol. The summed E-state index contributed by atoms with van der Waals surface area (Å²) in [5.74, 6) is 0.924. The standard InChI is InChI=1S/C14H9BrClN3O/c15-10-2-1-9(7-11(10)16)13-12(14(17)19-20-13)8-3-5-18-6-4-8/h1-7H,(H2,17,19). The van der Waals surface area contributed by atoms with Crippen molar-refractivity contribution >= 4 is 33.3 Å². The molecule has 0 aliphatic carbocycles. The molecule has 0 radical (unpaired) electrons. The number of nitrogens with two attached hydrogens (primary N) is 1. The summed E-state index contributed by atoms with van der Waals surface area (Å²) in [6, 6.07) is 9.25. The second kappa shape index (κ2) is 5.26. The Morgan fingerprint density at radius 2 is 1.85 bits per heavy atom. The van der Waals surface area contributed by atoms with Crippen molar-refractivity contribution in [2.75, 3.05) is 5.73 Å². The highest BCUT2D eigenvalue weighted by molar-refractivity contribution is 9.10. The lowest BCUT2D eigenvalue weighted by molar-refractivity contribution is 0.436. The monoisotopic (exact) mass is 349 g/mol. The van der Waals surface area contributed by atoms with Crippen LogP contribution in [0.3, 0.4) is 0 Å². The average Bonchev–Trinajstić information content (AvgIpc) is 2.85. The van der Waals surface area contributed by atoms with Gasteiger partial charge in [0.05, 0.1) is 10.6 Å². The molecule has 0 bridgehead atoms. The fourth-order valence-corrected chi connectivity index (χ4v) is 2.36. The van der Waals surface area contributed by atoms with Gasteiger partial charge >= 0.3 is 0 Å². The van der Waals surface area contributed by atoms with Gasteiger partial charge in [-0.1, -0.05) is 16.8 Å². The maximum absolute atomic E-state index is 6.12. The van der Waals surface area contributed by atoms with Gasteiger partial charge in [0.25, 0.3) is 0 Å². The van der Waals surface area contributed by atoms with Gasteiger partial charge in [-0.05, 0) is 51.8 Å². The first kappa shape index (κ1) is 13.1. The number of pyridine rings is 1. The van der Waals surface area contributed by atoms with E-state index in [1.807, 2.05) is 24.3 Å². The summed E-state index contributed by atoms with van der Waals surface area (Å²) in [5, 5.41) is 4.44. The Kier molecular flexibility index (Phi) is 3.46. The Morgan fingerprint density at radius 1 is 1.10 bits per heavy atom. The second-order valence-corrected chi connectivity index (χ2v) is 5.40. The van der Waals surface area contributed by atoms with Gasteiger partial charge in [-0.25, -0.2) is 0 Å². The molecule has 0 amide bonds. The van der Waals surface area contributed by atoms with Crippen LogP contribution in [0.2, 0.25) is 5.02 Å². The molecule has 0 saturated heterocycles. The van der Waals surface area contributed by atoms with Crippen molar-refractivity contribution in [1.29, 1.82) is 0 Å². The molecule has 0 atom stereocenters. The Labute approximate surface area is 128 Å². The van der Waals surface area contributed by atoms with Gasteiger partial charge in [0.15, 0.2) is 11.6 Å². The Balaban J connectivity index is 2.18. The lowest BCUT2D eigenvalue weighted by Crippen LogP contribution is -1.89. The van der Waals surface area contributed by atoms with Crippen LogP contribution in [0.4, 0.5) is 5.82 Å². The molecule has 100 valence electrons. The number of hydrogen-bond acceptors (Lipinski definition) is 4. The van der Waals surface area contributed by atoms with E-state index in [9.17, 15) is 0 Å². The van der Waals surface area contributed by atoms with E-state index in [0.29, 0.717) is 16.6 Å². The predicted octanol–water partition coefficient (Wildman–Crippen LogP) is 4.40. The van der Waals surface area contributed by atoms with Gasteiger partial charge in [-0.3, -0.25) is 4.98 Å². The van der Waals surface area contributed by atoms with E-state index >= 15 is 0 Å². The van der Waals surface area contributed by atoms with Gasteiger partial charge < -0.3 is 10.3 Å². The predicted molar refractivity (Wildman–Crippen MR) is 82.3 cm³/mol. The number of hydrogen-bond donors (Lipinski definition) is 1. The number of nitrogen functional groups attached to an aromatic ring is 1. The normalized spacial score (nSPS) is 10.7. The molecule has 0 saturated carbocycles. The average molecular weight is 351 g/mol. The van der Waals surface area contributed by atoms with E-state index in [1.165, 1.54) is 0 Å². The van der Waals surface area contributed by atoms with Crippen molar-refractivity contribution < 1.29 is 4.52 Å². The smallest absolute Gasteiger partial charge is 0.176 e. The molecule has 6 heteroatoms. The number of halogens is 2. The number of benzene rings is 1. The molecule has 1 aromatic carbocycles. The zero-order valence-electron chi connectivity index (χ0n) is 10.2. The van der Waals surface area contributed by atoms with Gasteiger partial charge in [0.2, 0.25) is 0 Å². The van der Waals surface area contributed by atoms with E-state index in [4.69, 9.17) is 21.9 Å². The van der Waals surface area contributed by atoms with Crippen molar-refractivity contribution in [2.45, 2.75) is 0 Å². The third kappa shape index (κ3) is 2.30. The quantitative estimate of drug-likeness (QED) is 0.744. The summed E-state index contributed by atoms with van der Waals surface area (Å²) >= 11 is 9.48. The van der Waals surface area contributed by atoms with E-state index in [1.54, 1.807) is 18.5 Å². The van der Waals surface area contributed by atoms with Crippen LogP contribution in [0, 0.1) is 0 Å². The third-order valence-corrected chi connectivity index (χ3v) is 4.10. The Hall–Kier alpha value is -1.85. The molecule has 0 unspecified atom stereocenters. The lowest BCUT2D eigenvalue weighted by Gasteiger charge is -2.04. The van der Waals surface area contributed by atoms with Crippen LogP contribution >= 0.6 is 27.5 Å². The summed E-state index contributed by atoms with van der Waals surface area (Å²) in [4.78, 5) is 3.99. The van der Waals surface area contributed by atoms with E-state index in [0.717, 1.165) is 21.2 Å². The van der Waals surface area contributed by atoms with Crippen molar-refractivity contribution in [1.82, 2.24) is 10.1 Å². The number of anilines is 1. The number of rotatable bonds is 2. The van der Waals surface area contributed by atoms with Crippen LogP contribution in [0.1, 0.15) is 0 Å². The first-order valence-corrected chi connectivity index (χ1v) is 6.95. The number of aromatic nitrogens is 2. The molecule has 0 aliphatic heterocycles. The topological polar surface area (TPSA) is 64.9 Å². The molecule has 0 spiro atoms. The van der Waals surface area contributed by atoms with Gasteiger partial charge in [0, 0.05) is 22.4 Å². The molecule has 3 rings (SSSR count). The van der Waals surface area contributed by atoms with Crippen LogP contribution in [0.25, 0.3) is 22.5 Å². The highest BCUT2D eigenvalue weighted by Gasteiger charge is 2.18. The van der Waals surface area contributed by atoms with Crippen LogP contribution < -0.4 is 5.73 Å². The first-order valence-electron chi connectivity index (χ1n) is 5.78. The van der Waals surface area contributed by atoms with Crippen molar-refractivity contribution in [3.63, 3.8) is 0 Å². The highest BCUT2D eigenvalue weighted by atomic mass is 79.9. The largest absolute Gasteiger partial charge is 0.380 e. The SMILES string of the molecule is Nc1noc(-c2ccc(Br)c(Cl)c2)c1-c1ccncc1. The summed E-state index contributed by atoms with van der Waals surface area (Å²) in [5.41, 5.74) is 8.36. The molecule has 3 aromatic rings. The third-order valence-electron chi connectivity index (χ3n) is 2.87. The van der Waals surface area contributed by atoms with Crippen LogP contribution in [0.15, 0.2) is 51.7 Å². The van der Waals surface area contributed by atoms with E-state index < -0.39 is 0 Å². The zero-order chi connectivity index (χ0) is 14.1. The molecule has 4 nitrogen and oxygen atoms in total. The minimum Gasteiger partial charge on any atom is -0.380 e. The van der Waals surface area contributed by atoms with E-state index in [-0.39, 0.29) is 0 Å². The zero-order valence-corrected chi connectivity index (χ0v) is 12.5. The molecular formula is C14H9BrClN3O. The molecule has 0 fully saturated rings. The lowest BCUT2D eigenvalue weighted by atomic mass is 10.0. The summed E-state index contributed by atoms with van der Waals surface area (Å²) in [7, 11) is 0. The maximum Gasteiger partial charge on any atom is 0.176 e. The number of nitrogens with zero attached hydrogens (tertiary/aromatic N) is 2. The highest BCUT2D eigenvalue weighted by Crippen LogP contribution is 2.38. The van der Waals surface area contributed by atoms with Crippen molar-refractivity contribution in [2.24, 2.45) is 0 Å². The second-order valence-electron chi connectivity index (χ2n) is 4.14. The summed E-state index contributed by atoms with van der Waals surface area (Å²) in [6.45, 7) is 0. The minimum absolute atomic E-state index is 0.338. The first-order chi connectivity index (χ1) is 9.66. The fourth-order valence-electron chi connectivity index (χ4n) is 1.93. The minimum atomic E-state index is 0.338. The summed E-state index contributed by atoms with van der Waals surface area (Å²) < 4.78 is 6.18. The fraction of sp³-hybridized carbons (Fsp3) is 0. The summed E-state index contributed by atoms with van der Waals surface area (Å²) in [6.07, 6.45) is 3.39. The van der Waals surface area contributed by atoms with Crippen LogP contribution in [-0.4, -0.2) is 10.1 Å². The molecule has 2 heterocycles. The van der Waals surface area contributed by atoms with Crippen molar-refractivity contribution in [3.8, 4) is 22.5 Å². The van der Waals surface area contributed by atoms with Gasteiger partial charge in [0.1, 0.15) is 0 Å². The molecule has 0 aliphatic rings. The van der Waals surface area contributed by atoms with Crippen molar-refractivity contribution in [3.05, 3.63) is 52.2 Å². The molecule has 20 heavy (non-hydrogen) atoms. The van der Waals surface area contributed by atoms with Gasteiger partial charge in [-0.2, -0.15) is 0 Å². The maximum atomic E-state index is 6.12. The van der Waals surface area contributed by atoms with E-state index in [2.05, 4.69) is 26.1 Å². The molecule has 2 aromatic heterocycles. The Bertz CT molecular complexity index is 758. The Morgan fingerprint density at radius 3 is 2.55 bits per heavy atom. The molecule has 2 N–H and O–H groups in total. The van der Waals surface area contributed by atoms with Gasteiger partial charge in [-0.15, -0.1) is 0 Å². The van der Waals surface area contributed by atoms with Crippen LogP contribution in [-0.2, 0) is 0 Å².